The molecule has 0 spiro atoms. The van der Waals surface area contributed by atoms with E-state index in [-0.39, 0.29) is 21.9 Å². The molecule has 2 aromatic rings. The van der Waals surface area contributed by atoms with Crippen LogP contribution in [0.1, 0.15) is 41.3 Å². The van der Waals surface area contributed by atoms with Crippen molar-refractivity contribution in [1.29, 1.82) is 5.26 Å². The number of methoxy groups -OCH3 is 1. The van der Waals surface area contributed by atoms with Crippen LogP contribution in [0.15, 0.2) is 35.2 Å². The normalized spacial score (nSPS) is 14.4. The van der Waals surface area contributed by atoms with E-state index in [0.717, 1.165) is 0 Å². The predicted octanol–water partition coefficient (Wildman–Crippen LogP) is 1.94. The quantitative estimate of drug-likeness (QED) is 0.616. The fourth-order valence-electron chi connectivity index (χ4n) is 3.89. The Morgan fingerprint density at radius 2 is 1.91 bits per heavy atom. The van der Waals surface area contributed by atoms with Crippen molar-refractivity contribution in [3.8, 4) is 11.9 Å². The second-order valence-electron chi connectivity index (χ2n) is 7.49. The number of carbonyl (C=O) groups excluding carboxylic acids is 1. The highest BCUT2D eigenvalue weighted by atomic mass is 32.2. The molecule has 10 nitrogen and oxygen atoms in total. The number of anilines is 1. The molecule has 1 aromatic carbocycles. The van der Waals surface area contributed by atoms with E-state index < -0.39 is 27.8 Å². The van der Waals surface area contributed by atoms with Crippen molar-refractivity contribution < 1.29 is 27.9 Å². The minimum absolute atomic E-state index is 0.0105. The fraction of sp³-hybridized carbons (Fsp3) is 0.364. The van der Waals surface area contributed by atoms with Gasteiger partial charge in [-0.25, -0.2) is 17.9 Å². The van der Waals surface area contributed by atoms with E-state index in [9.17, 15) is 28.4 Å². The lowest BCUT2D eigenvalue weighted by molar-refractivity contribution is -0.123. The molecule has 0 unspecified atom stereocenters. The lowest BCUT2D eigenvalue weighted by Gasteiger charge is -2.33. The number of aromatic nitrogens is 1. The third kappa shape index (κ3) is 4.90. The largest absolute Gasteiger partial charge is 0.480 e. The van der Waals surface area contributed by atoms with Crippen molar-refractivity contribution in [1.82, 2.24) is 9.71 Å². The number of amides is 1. The summed E-state index contributed by atoms with van der Waals surface area (Å²) in [6, 6.07) is 9.71. The zero-order valence-corrected chi connectivity index (χ0v) is 19.1. The maximum atomic E-state index is 12.6. The molecule has 2 heterocycles. The number of benzene rings is 1. The maximum Gasteiger partial charge on any atom is 0.341 e. The summed E-state index contributed by atoms with van der Waals surface area (Å²) in [6.07, 6.45) is 0.979. The topological polar surface area (TPSA) is 150 Å². The summed E-state index contributed by atoms with van der Waals surface area (Å²) in [4.78, 5) is 30.4. The first-order valence-electron chi connectivity index (χ1n) is 10.3. The van der Waals surface area contributed by atoms with Gasteiger partial charge in [-0.2, -0.15) is 10.2 Å². The molecule has 2 N–H and O–H groups in total. The molecule has 1 aliphatic rings. The molecule has 0 aliphatic carbocycles. The van der Waals surface area contributed by atoms with Gasteiger partial charge >= 0.3 is 5.97 Å². The van der Waals surface area contributed by atoms with Crippen molar-refractivity contribution in [2.75, 3.05) is 25.1 Å². The molecule has 3 rings (SSSR count). The first kappa shape index (κ1) is 24.0. The Balaban J connectivity index is 1.79. The first-order valence-corrected chi connectivity index (χ1v) is 11.8. The maximum absolute atomic E-state index is 12.6. The number of hydrogen-bond donors (Lipinski definition) is 2. The number of carbonyl (C=O) groups is 2. The van der Waals surface area contributed by atoms with E-state index in [0.29, 0.717) is 43.7 Å². The van der Waals surface area contributed by atoms with Crippen molar-refractivity contribution in [3.05, 3.63) is 47.0 Å². The number of nitrogens with one attached hydrogen (secondary N) is 1. The molecular formula is C22H24N4O6S. The van der Waals surface area contributed by atoms with Crippen LogP contribution in [0.2, 0.25) is 0 Å². The molecule has 1 fully saturated rings. The molecule has 1 aliphatic heterocycles. The summed E-state index contributed by atoms with van der Waals surface area (Å²) >= 11 is 0. The van der Waals surface area contributed by atoms with E-state index in [4.69, 9.17) is 4.74 Å². The van der Waals surface area contributed by atoms with Crippen LogP contribution in [-0.2, 0) is 21.2 Å². The van der Waals surface area contributed by atoms with Gasteiger partial charge in [0.05, 0.1) is 17.6 Å². The van der Waals surface area contributed by atoms with Crippen LogP contribution in [-0.4, -0.2) is 50.6 Å². The second kappa shape index (κ2) is 9.87. The Bertz CT molecular complexity index is 1200. The predicted molar refractivity (Wildman–Crippen MR) is 119 cm³/mol. The Hall–Kier alpha value is -3.65. The second-order valence-corrected chi connectivity index (χ2v) is 9.17. The summed E-state index contributed by atoms with van der Waals surface area (Å²) in [5, 5.41) is 19.3. The number of aromatic carboxylic acids is 1. The highest BCUT2D eigenvalue weighted by Gasteiger charge is 2.32. The van der Waals surface area contributed by atoms with Gasteiger partial charge in [0.1, 0.15) is 11.6 Å². The van der Waals surface area contributed by atoms with Gasteiger partial charge in [-0.1, -0.05) is 25.1 Å². The molecule has 1 aromatic heterocycles. The lowest BCUT2D eigenvalue weighted by atomic mass is 9.95. The highest BCUT2D eigenvalue weighted by Crippen LogP contribution is 2.33. The fourth-order valence-corrected chi connectivity index (χ4v) is 4.96. The zero-order chi connectivity index (χ0) is 24.2. The van der Waals surface area contributed by atoms with Gasteiger partial charge in [0, 0.05) is 19.0 Å². The summed E-state index contributed by atoms with van der Waals surface area (Å²) in [5.41, 5.74) is 0.353. The van der Waals surface area contributed by atoms with Crippen molar-refractivity contribution in [3.63, 3.8) is 0 Å². The van der Waals surface area contributed by atoms with Crippen LogP contribution in [0.25, 0.3) is 0 Å². The van der Waals surface area contributed by atoms with Crippen LogP contribution < -0.4 is 14.4 Å². The number of carboxylic acids is 1. The Morgan fingerprint density at radius 3 is 2.42 bits per heavy atom. The average molecular weight is 473 g/mol. The van der Waals surface area contributed by atoms with E-state index in [2.05, 4.69) is 15.8 Å². The van der Waals surface area contributed by atoms with E-state index in [1.54, 1.807) is 30.0 Å². The lowest BCUT2D eigenvalue weighted by Crippen LogP contribution is -2.43. The summed E-state index contributed by atoms with van der Waals surface area (Å²) in [7, 11) is -2.64. The van der Waals surface area contributed by atoms with Crippen molar-refractivity contribution >= 4 is 27.7 Å². The highest BCUT2D eigenvalue weighted by molar-refractivity contribution is 7.90. The number of sulfonamides is 1. The number of nitrogens with zero attached hydrogens (tertiary/aromatic N) is 3. The van der Waals surface area contributed by atoms with Crippen molar-refractivity contribution in [2.45, 2.75) is 31.1 Å². The summed E-state index contributed by atoms with van der Waals surface area (Å²) in [6.45, 7) is 2.42. The smallest absolute Gasteiger partial charge is 0.341 e. The van der Waals surface area contributed by atoms with E-state index in [1.165, 1.54) is 19.2 Å². The number of nitriles is 1. The monoisotopic (exact) mass is 472 g/mol. The molecule has 1 saturated heterocycles. The number of rotatable bonds is 7. The molecule has 0 radical (unpaired) electrons. The first-order chi connectivity index (χ1) is 15.7. The van der Waals surface area contributed by atoms with E-state index >= 15 is 0 Å². The molecule has 0 saturated carbocycles. The van der Waals surface area contributed by atoms with Gasteiger partial charge in [-0.3, -0.25) is 4.79 Å². The average Bonchev–Trinajstić information content (AvgIpc) is 2.82. The van der Waals surface area contributed by atoms with Crippen LogP contribution in [0.5, 0.6) is 5.88 Å². The number of pyridine rings is 1. The van der Waals surface area contributed by atoms with Gasteiger partial charge in [-0.05, 0) is 37.0 Å². The standard InChI is InChI=1S/C22H24N4O6S/c1-3-16-17(13-23)19(24-21(32-2)18(16)22(28)29)26-11-9-14(10-12-26)20(27)25-33(30,31)15-7-5-4-6-8-15/h4-8,14H,3,9-12H2,1-2H3,(H,25,27)(H,28,29). The molecule has 174 valence electrons. The summed E-state index contributed by atoms with van der Waals surface area (Å²) < 4.78 is 32.2. The van der Waals surface area contributed by atoms with Crippen LogP contribution in [0, 0.1) is 17.2 Å². The summed E-state index contributed by atoms with van der Waals surface area (Å²) in [5.74, 6) is -2.13. The van der Waals surface area contributed by atoms with Gasteiger partial charge in [-0.15, -0.1) is 0 Å². The Kier molecular flexibility index (Phi) is 7.18. The van der Waals surface area contributed by atoms with Crippen molar-refractivity contribution in [2.24, 2.45) is 5.92 Å². The van der Waals surface area contributed by atoms with Gasteiger partial charge in [0.25, 0.3) is 10.0 Å². The minimum atomic E-state index is -3.96. The minimum Gasteiger partial charge on any atom is -0.480 e. The molecule has 33 heavy (non-hydrogen) atoms. The molecular weight excluding hydrogens is 448 g/mol. The molecule has 11 heteroatoms. The van der Waals surface area contributed by atoms with Gasteiger partial charge in [0.15, 0.2) is 5.82 Å². The molecule has 1 amide bonds. The number of ether oxygens (including phenoxy) is 1. The van der Waals surface area contributed by atoms with Crippen LogP contribution >= 0.6 is 0 Å². The SMILES string of the molecule is CCc1c(C#N)c(N2CCC(C(=O)NS(=O)(=O)c3ccccc3)CC2)nc(OC)c1C(=O)O. The number of carboxylic acid groups (broad SMARTS) is 1. The third-order valence-corrected chi connectivity index (χ3v) is 6.94. The molecule has 0 atom stereocenters. The third-order valence-electron chi connectivity index (χ3n) is 5.57. The molecule has 0 bridgehead atoms. The number of piperidine rings is 1. The number of hydrogen-bond acceptors (Lipinski definition) is 8. The van der Waals surface area contributed by atoms with Crippen LogP contribution in [0.3, 0.4) is 0 Å². The Morgan fingerprint density at radius 1 is 1.27 bits per heavy atom. The van der Waals surface area contributed by atoms with E-state index in [1.807, 2.05) is 0 Å². The van der Waals surface area contributed by atoms with Gasteiger partial charge < -0.3 is 14.7 Å². The van der Waals surface area contributed by atoms with Gasteiger partial charge in [0.2, 0.25) is 11.8 Å². The van der Waals surface area contributed by atoms with Crippen LogP contribution in [0.4, 0.5) is 5.82 Å². The zero-order valence-electron chi connectivity index (χ0n) is 18.2. The Labute approximate surface area is 191 Å².